The van der Waals surface area contributed by atoms with Crippen molar-refractivity contribution in [2.24, 2.45) is 0 Å². The lowest BCUT2D eigenvalue weighted by Crippen LogP contribution is -2.68. The molecule has 2 aromatic heterocycles. The first-order valence-electron chi connectivity index (χ1n) is 13.1. The molecule has 0 aliphatic carbocycles. The molecule has 2 aliphatic heterocycles. The minimum absolute atomic E-state index is 0.0335. The van der Waals surface area contributed by atoms with Crippen molar-refractivity contribution in [3.05, 3.63) is 64.0 Å². The van der Waals surface area contributed by atoms with Gasteiger partial charge >= 0.3 is 0 Å². The summed E-state index contributed by atoms with van der Waals surface area (Å²) in [6.45, 7) is 12.3. The maximum absolute atomic E-state index is 14.2. The Morgan fingerprint density at radius 3 is 2.67 bits per heavy atom. The van der Waals surface area contributed by atoms with E-state index in [0.29, 0.717) is 37.1 Å². The van der Waals surface area contributed by atoms with Crippen LogP contribution < -0.4 is 15.0 Å². The van der Waals surface area contributed by atoms with Crippen molar-refractivity contribution in [2.75, 3.05) is 26.3 Å². The number of fused-ring (bicyclic) bond motifs is 2. The molecular formula is C29H37FN3O3+. The van der Waals surface area contributed by atoms with E-state index in [2.05, 4.69) is 20.8 Å². The van der Waals surface area contributed by atoms with Gasteiger partial charge in [0.25, 0.3) is 5.56 Å². The lowest BCUT2D eigenvalue weighted by molar-refractivity contribution is -0.996. The standard InChI is InChI=1S/C29H37FN3O3/c1-20-15-28(34)32(25-16-21(30)8-9-24(20)25)10-12-33(29(2,3)4)11-6-5-7-23(33)17-22-18-26-27(19-31-22)36-14-13-35-26/h8-9,15-16,18-19,23H,5-7,10-14,17H2,1-4H3/q+1. The highest BCUT2D eigenvalue weighted by molar-refractivity contribution is 5.82. The number of nitrogens with zero attached hydrogens (tertiary/aromatic N) is 3. The monoisotopic (exact) mass is 494 g/mol. The van der Waals surface area contributed by atoms with E-state index in [1.807, 2.05) is 13.0 Å². The number of benzene rings is 1. The molecule has 5 rings (SSSR count). The van der Waals surface area contributed by atoms with Crippen LogP contribution in [-0.4, -0.2) is 51.9 Å². The highest BCUT2D eigenvalue weighted by Crippen LogP contribution is 2.38. The first kappa shape index (κ1) is 24.8. The minimum Gasteiger partial charge on any atom is -0.486 e. The van der Waals surface area contributed by atoms with Crippen LogP contribution in [0.1, 0.15) is 51.3 Å². The topological polar surface area (TPSA) is 53.4 Å². The first-order valence-corrected chi connectivity index (χ1v) is 13.1. The molecule has 0 spiro atoms. The van der Waals surface area contributed by atoms with E-state index in [4.69, 9.17) is 14.5 Å². The van der Waals surface area contributed by atoms with Crippen molar-refractivity contribution in [1.82, 2.24) is 9.55 Å². The molecule has 2 aliphatic rings. The molecule has 2 atom stereocenters. The number of aryl methyl sites for hydroxylation is 1. The fourth-order valence-corrected chi connectivity index (χ4v) is 6.37. The maximum Gasteiger partial charge on any atom is 0.251 e. The second-order valence-electron chi connectivity index (χ2n) is 11.3. The van der Waals surface area contributed by atoms with Crippen LogP contribution in [0.3, 0.4) is 0 Å². The summed E-state index contributed by atoms with van der Waals surface area (Å²) in [6, 6.07) is 8.81. The molecule has 1 aromatic carbocycles. The number of quaternary nitrogens is 1. The predicted octanol–water partition coefficient (Wildman–Crippen LogP) is 5.03. The van der Waals surface area contributed by atoms with Gasteiger partial charge in [-0.15, -0.1) is 0 Å². The van der Waals surface area contributed by atoms with Gasteiger partial charge in [0, 0.05) is 30.4 Å². The minimum atomic E-state index is -0.318. The summed E-state index contributed by atoms with van der Waals surface area (Å²) in [6.07, 6.45) is 6.06. The molecule has 0 N–H and O–H groups in total. The molecule has 0 amide bonds. The molecular weight excluding hydrogens is 457 g/mol. The summed E-state index contributed by atoms with van der Waals surface area (Å²) < 4.78 is 28.4. The van der Waals surface area contributed by atoms with Crippen LogP contribution in [0.4, 0.5) is 4.39 Å². The number of likely N-dealkylation sites (tertiary alicyclic amines) is 1. The number of ether oxygens (including phenoxy) is 2. The van der Waals surface area contributed by atoms with Gasteiger partial charge in [-0.3, -0.25) is 9.78 Å². The van der Waals surface area contributed by atoms with Gasteiger partial charge in [-0.2, -0.15) is 0 Å². The van der Waals surface area contributed by atoms with Gasteiger partial charge in [0.05, 0.1) is 48.6 Å². The number of pyridine rings is 2. The highest BCUT2D eigenvalue weighted by Gasteiger charge is 2.47. The number of halogens is 1. The van der Waals surface area contributed by atoms with Crippen LogP contribution in [-0.2, 0) is 13.0 Å². The summed E-state index contributed by atoms with van der Waals surface area (Å²) in [5, 5.41) is 0.925. The van der Waals surface area contributed by atoms with Crippen molar-refractivity contribution in [3.8, 4) is 11.5 Å². The second-order valence-corrected chi connectivity index (χ2v) is 11.3. The van der Waals surface area contributed by atoms with Crippen molar-refractivity contribution in [3.63, 3.8) is 0 Å². The number of hydrogen-bond donors (Lipinski definition) is 0. The van der Waals surface area contributed by atoms with E-state index in [1.165, 1.54) is 18.6 Å². The molecule has 7 heteroatoms. The third kappa shape index (κ3) is 4.49. The Balaban J connectivity index is 1.49. The smallest absolute Gasteiger partial charge is 0.251 e. The molecule has 36 heavy (non-hydrogen) atoms. The quantitative estimate of drug-likeness (QED) is 0.467. The van der Waals surface area contributed by atoms with Gasteiger partial charge in [0.1, 0.15) is 19.0 Å². The number of aromatic nitrogens is 2. The number of piperidine rings is 1. The van der Waals surface area contributed by atoms with Crippen LogP contribution in [0, 0.1) is 12.7 Å². The van der Waals surface area contributed by atoms with Gasteiger partial charge in [0.2, 0.25) is 0 Å². The van der Waals surface area contributed by atoms with Gasteiger partial charge in [-0.1, -0.05) is 0 Å². The Morgan fingerprint density at radius 2 is 1.89 bits per heavy atom. The largest absolute Gasteiger partial charge is 0.486 e. The fourth-order valence-electron chi connectivity index (χ4n) is 6.37. The molecule has 0 bridgehead atoms. The first-order chi connectivity index (χ1) is 17.2. The predicted molar refractivity (Wildman–Crippen MR) is 139 cm³/mol. The Labute approximate surface area is 212 Å². The zero-order valence-corrected chi connectivity index (χ0v) is 21.8. The average Bonchev–Trinajstić information content (AvgIpc) is 2.84. The molecule has 4 heterocycles. The van der Waals surface area contributed by atoms with Crippen molar-refractivity contribution in [2.45, 2.75) is 71.5 Å². The highest BCUT2D eigenvalue weighted by atomic mass is 19.1. The molecule has 192 valence electrons. The number of rotatable bonds is 5. The summed E-state index contributed by atoms with van der Waals surface area (Å²) in [5.74, 6) is 1.17. The second kappa shape index (κ2) is 9.51. The van der Waals surface area contributed by atoms with E-state index in [1.54, 1.807) is 22.9 Å². The summed E-state index contributed by atoms with van der Waals surface area (Å²) in [5.41, 5.74) is 2.46. The Hall–Kier alpha value is -2.93. The van der Waals surface area contributed by atoms with E-state index in [-0.39, 0.29) is 16.9 Å². The number of hydrogen-bond acceptors (Lipinski definition) is 4. The molecule has 0 saturated carbocycles. The SMILES string of the molecule is Cc1cc(=O)n(CC[N+]2(C(C)(C)C)CCCCC2Cc2cc3c(cn2)OCCO3)c2cc(F)ccc12. The van der Waals surface area contributed by atoms with Crippen LogP contribution in [0.5, 0.6) is 11.5 Å². The molecule has 1 fully saturated rings. The Bertz CT molecular complexity index is 1330. The van der Waals surface area contributed by atoms with Gasteiger partial charge in [-0.25, -0.2) is 4.39 Å². The molecule has 6 nitrogen and oxygen atoms in total. The summed E-state index contributed by atoms with van der Waals surface area (Å²) in [4.78, 5) is 17.8. The maximum atomic E-state index is 14.2. The zero-order chi connectivity index (χ0) is 25.5. The van der Waals surface area contributed by atoms with Gasteiger partial charge < -0.3 is 18.5 Å². The van der Waals surface area contributed by atoms with Crippen LogP contribution in [0.2, 0.25) is 0 Å². The third-order valence-corrected chi connectivity index (χ3v) is 8.31. The summed E-state index contributed by atoms with van der Waals surface area (Å²) >= 11 is 0. The molecule has 2 unspecified atom stereocenters. The average molecular weight is 495 g/mol. The third-order valence-electron chi connectivity index (χ3n) is 8.31. The fraction of sp³-hybridized carbons (Fsp3) is 0.517. The van der Waals surface area contributed by atoms with Crippen molar-refractivity contribution in [1.29, 1.82) is 0 Å². The Morgan fingerprint density at radius 1 is 1.11 bits per heavy atom. The van der Waals surface area contributed by atoms with Crippen LogP contribution >= 0.6 is 0 Å². The molecule has 3 aromatic rings. The van der Waals surface area contributed by atoms with Crippen molar-refractivity contribution < 1.29 is 18.3 Å². The lowest BCUT2D eigenvalue weighted by atomic mass is 9.86. The van der Waals surface area contributed by atoms with E-state index in [0.717, 1.165) is 59.2 Å². The van der Waals surface area contributed by atoms with Crippen molar-refractivity contribution >= 4 is 10.9 Å². The van der Waals surface area contributed by atoms with E-state index in [9.17, 15) is 9.18 Å². The van der Waals surface area contributed by atoms with E-state index >= 15 is 0 Å². The van der Waals surface area contributed by atoms with Gasteiger partial charge in [0.15, 0.2) is 11.5 Å². The lowest BCUT2D eigenvalue weighted by Gasteiger charge is -2.56. The Kier molecular flexibility index (Phi) is 6.54. The van der Waals surface area contributed by atoms with E-state index < -0.39 is 0 Å². The van der Waals surface area contributed by atoms with Crippen LogP contribution in [0.15, 0.2) is 41.3 Å². The van der Waals surface area contributed by atoms with Crippen LogP contribution in [0.25, 0.3) is 10.9 Å². The molecule has 1 saturated heterocycles. The van der Waals surface area contributed by atoms with Gasteiger partial charge in [-0.05, 0) is 64.3 Å². The normalized spacial score (nSPS) is 22.1. The molecule has 0 radical (unpaired) electrons. The summed E-state index contributed by atoms with van der Waals surface area (Å²) in [7, 11) is 0. The zero-order valence-electron chi connectivity index (χ0n) is 21.8.